The molecule has 0 N–H and O–H groups in total. The van der Waals surface area contributed by atoms with Crippen LogP contribution >= 0.6 is 11.6 Å². The molecule has 2 aromatic rings. The smallest absolute Gasteiger partial charge is 0.227 e. The van der Waals surface area contributed by atoms with E-state index < -0.39 is 10.0 Å². The quantitative estimate of drug-likeness (QED) is 0.734. The summed E-state index contributed by atoms with van der Waals surface area (Å²) in [5, 5.41) is 5.29. The van der Waals surface area contributed by atoms with Crippen molar-refractivity contribution < 1.29 is 13.2 Å². The molecule has 1 aromatic heterocycles. The van der Waals surface area contributed by atoms with Crippen LogP contribution in [-0.4, -0.2) is 65.7 Å². The van der Waals surface area contributed by atoms with Crippen LogP contribution in [0.1, 0.15) is 28.9 Å². The van der Waals surface area contributed by atoms with Crippen LogP contribution in [0, 0.1) is 20.8 Å². The fraction of sp³-hybridized carbons (Fsp3) is 0.500. The number of rotatable bonds is 4. The number of aromatic nitrogens is 2. The molecule has 0 unspecified atom stereocenters. The highest BCUT2D eigenvalue weighted by molar-refractivity contribution is 7.88. The van der Waals surface area contributed by atoms with Crippen molar-refractivity contribution in [3.05, 3.63) is 45.7 Å². The van der Waals surface area contributed by atoms with Crippen LogP contribution in [0.15, 0.2) is 18.2 Å². The molecule has 1 aliphatic heterocycles. The van der Waals surface area contributed by atoms with E-state index in [1.165, 1.54) is 10.6 Å². The maximum atomic E-state index is 12.9. The lowest BCUT2D eigenvalue weighted by Crippen LogP contribution is -2.37. The SMILES string of the molecule is Cc1ccc(-n2nc(C)c(CC(=O)N3CCCN(S(C)(=O)=O)CC3)c2C)cc1Cl. The number of sulfonamides is 1. The standard InChI is InChI=1S/C20H27ClN4O3S/c1-14-6-7-17(12-19(14)21)25-16(3)18(15(2)22-25)13-20(26)23-8-5-9-24(11-10-23)29(4,27)28/h6-7,12H,5,8-11,13H2,1-4H3. The summed E-state index contributed by atoms with van der Waals surface area (Å²) in [5.74, 6) is -0.00644. The van der Waals surface area contributed by atoms with Crippen molar-refractivity contribution in [2.75, 3.05) is 32.4 Å². The Morgan fingerprint density at radius 1 is 1.14 bits per heavy atom. The maximum absolute atomic E-state index is 12.9. The molecule has 3 rings (SSSR count). The van der Waals surface area contributed by atoms with Gasteiger partial charge in [-0.15, -0.1) is 0 Å². The Morgan fingerprint density at radius 2 is 1.86 bits per heavy atom. The normalized spacial score (nSPS) is 16.1. The Labute approximate surface area is 177 Å². The van der Waals surface area contributed by atoms with Gasteiger partial charge in [-0.1, -0.05) is 17.7 Å². The largest absolute Gasteiger partial charge is 0.341 e. The predicted octanol–water partition coefficient (Wildman–Crippen LogP) is 2.49. The van der Waals surface area contributed by atoms with Crippen LogP contribution < -0.4 is 0 Å². The molecule has 29 heavy (non-hydrogen) atoms. The van der Waals surface area contributed by atoms with E-state index in [2.05, 4.69) is 5.10 Å². The molecule has 1 aliphatic rings. The minimum absolute atomic E-state index is 0.00644. The molecule has 158 valence electrons. The van der Waals surface area contributed by atoms with Gasteiger partial charge in [-0.25, -0.2) is 17.4 Å². The van der Waals surface area contributed by atoms with E-state index in [0.29, 0.717) is 37.6 Å². The Kier molecular flexibility index (Phi) is 6.36. The van der Waals surface area contributed by atoms with Crippen LogP contribution in [0.25, 0.3) is 5.69 Å². The molecule has 1 aromatic carbocycles. The van der Waals surface area contributed by atoms with Crippen LogP contribution in [0.2, 0.25) is 5.02 Å². The van der Waals surface area contributed by atoms with Gasteiger partial charge in [0.05, 0.1) is 24.1 Å². The van der Waals surface area contributed by atoms with Crippen molar-refractivity contribution in [3.8, 4) is 5.69 Å². The molecule has 0 saturated carbocycles. The number of carbonyl (C=O) groups excluding carboxylic acids is 1. The van der Waals surface area contributed by atoms with Gasteiger partial charge in [0.15, 0.2) is 0 Å². The lowest BCUT2D eigenvalue weighted by Gasteiger charge is -2.21. The first-order valence-electron chi connectivity index (χ1n) is 9.62. The number of nitrogens with zero attached hydrogens (tertiary/aromatic N) is 4. The average molecular weight is 439 g/mol. The minimum Gasteiger partial charge on any atom is -0.341 e. The minimum atomic E-state index is -3.23. The molecule has 0 atom stereocenters. The number of hydrogen-bond donors (Lipinski definition) is 0. The number of hydrogen-bond acceptors (Lipinski definition) is 4. The van der Waals surface area contributed by atoms with Crippen molar-refractivity contribution in [2.45, 2.75) is 33.6 Å². The second kappa shape index (κ2) is 8.45. The number of halogens is 1. The molecule has 1 saturated heterocycles. The summed E-state index contributed by atoms with van der Waals surface area (Å²) in [7, 11) is -3.23. The molecule has 9 heteroatoms. The monoisotopic (exact) mass is 438 g/mol. The number of benzene rings is 1. The molecular formula is C20H27ClN4O3S. The molecule has 1 fully saturated rings. The third-order valence-electron chi connectivity index (χ3n) is 5.45. The summed E-state index contributed by atoms with van der Waals surface area (Å²) in [6, 6.07) is 5.78. The van der Waals surface area contributed by atoms with Gasteiger partial charge in [0.1, 0.15) is 0 Å². The Morgan fingerprint density at radius 3 is 2.52 bits per heavy atom. The van der Waals surface area contributed by atoms with E-state index in [9.17, 15) is 13.2 Å². The zero-order valence-electron chi connectivity index (χ0n) is 17.3. The third kappa shape index (κ3) is 4.82. The van der Waals surface area contributed by atoms with E-state index in [1.54, 1.807) is 4.90 Å². The lowest BCUT2D eigenvalue weighted by molar-refractivity contribution is -0.130. The van der Waals surface area contributed by atoms with E-state index in [4.69, 9.17) is 11.6 Å². The van der Waals surface area contributed by atoms with Gasteiger partial charge in [0.25, 0.3) is 0 Å². The molecule has 0 spiro atoms. The van der Waals surface area contributed by atoms with Crippen LogP contribution in [0.4, 0.5) is 0 Å². The third-order valence-corrected chi connectivity index (χ3v) is 7.16. The first-order chi connectivity index (χ1) is 13.6. The van der Waals surface area contributed by atoms with Gasteiger partial charge in [0, 0.05) is 42.5 Å². The van der Waals surface area contributed by atoms with Crippen LogP contribution in [0.5, 0.6) is 0 Å². The maximum Gasteiger partial charge on any atom is 0.227 e. The average Bonchev–Trinajstić information content (AvgIpc) is 2.83. The fourth-order valence-corrected chi connectivity index (χ4v) is 4.68. The van der Waals surface area contributed by atoms with Gasteiger partial charge in [0.2, 0.25) is 15.9 Å². The van der Waals surface area contributed by atoms with Crippen molar-refractivity contribution in [2.24, 2.45) is 0 Å². The van der Waals surface area contributed by atoms with Gasteiger partial charge < -0.3 is 4.90 Å². The highest BCUT2D eigenvalue weighted by Crippen LogP contribution is 2.23. The summed E-state index contributed by atoms with van der Waals surface area (Å²) in [5.41, 5.74) is 4.47. The lowest BCUT2D eigenvalue weighted by atomic mass is 10.1. The summed E-state index contributed by atoms with van der Waals surface area (Å²) in [6.45, 7) is 7.55. The second-order valence-electron chi connectivity index (χ2n) is 7.57. The zero-order valence-corrected chi connectivity index (χ0v) is 18.8. The fourth-order valence-electron chi connectivity index (χ4n) is 3.63. The summed E-state index contributed by atoms with van der Waals surface area (Å²) in [4.78, 5) is 14.7. The van der Waals surface area contributed by atoms with E-state index >= 15 is 0 Å². The molecule has 0 aliphatic carbocycles. The Hall–Kier alpha value is -1.90. The highest BCUT2D eigenvalue weighted by atomic mass is 35.5. The summed E-state index contributed by atoms with van der Waals surface area (Å²) < 4.78 is 26.8. The van der Waals surface area contributed by atoms with Crippen LogP contribution in [0.3, 0.4) is 0 Å². The summed E-state index contributed by atoms with van der Waals surface area (Å²) >= 11 is 6.26. The Bertz CT molecular complexity index is 1030. The predicted molar refractivity (Wildman–Crippen MR) is 114 cm³/mol. The molecule has 1 amide bonds. The molecular weight excluding hydrogens is 412 g/mol. The first-order valence-corrected chi connectivity index (χ1v) is 11.8. The first kappa shape index (κ1) is 21.8. The van der Waals surface area contributed by atoms with Crippen LogP contribution in [-0.2, 0) is 21.2 Å². The van der Waals surface area contributed by atoms with Gasteiger partial charge in [-0.2, -0.15) is 5.10 Å². The van der Waals surface area contributed by atoms with E-state index in [-0.39, 0.29) is 12.3 Å². The van der Waals surface area contributed by atoms with Gasteiger partial charge in [-0.05, 0) is 44.9 Å². The van der Waals surface area contributed by atoms with E-state index in [1.807, 2.05) is 43.7 Å². The number of carbonyl (C=O) groups is 1. The molecule has 7 nitrogen and oxygen atoms in total. The Balaban J connectivity index is 1.77. The molecule has 0 bridgehead atoms. The number of amides is 1. The summed E-state index contributed by atoms with van der Waals surface area (Å²) in [6.07, 6.45) is 2.09. The second-order valence-corrected chi connectivity index (χ2v) is 9.96. The number of aryl methyl sites for hydroxylation is 2. The van der Waals surface area contributed by atoms with Gasteiger partial charge >= 0.3 is 0 Å². The van der Waals surface area contributed by atoms with Gasteiger partial charge in [-0.3, -0.25) is 4.79 Å². The van der Waals surface area contributed by atoms with Crippen molar-refractivity contribution in [1.29, 1.82) is 0 Å². The highest BCUT2D eigenvalue weighted by Gasteiger charge is 2.25. The molecule has 2 heterocycles. The zero-order chi connectivity index (χ0) is 21.3. The molecule has 0 radical (unpaired) electrons. The van der Waals surface area contributed by atoms with Crippen molar-refractivity contribution in [3.63, 3.8) is 0 Å². The van der Waals surface area contributed by atoms with Crippen molar-refractivity contribution >= 4 is 27.5 Å². The topological polar surface area (TPSA) is 75.5 Å². The van der Waals surface area contributed by atoms with Crippen molar-refractivity contribution in [1.82, 2.24) is 19.0 Å². The van der Waals surface area contributed by atoms with E-state index in [0.717, 1.165) is 28.2 Å².